The molecule has 0 aliphatic carbocycles. The molecule has 1 aromatic carbocycles. The predicted molar refractivity (Wildman–Crippen MR) is 94.3 cm³/mol. The molecule has 0 spiro atoms. The maximum Gasteiger partial charge on any atom is 0.417 e. The Balaban J connectivity index is 1.61. The Morgan fingerprint density at radius 1 is 1.32 bits per heavy atom. The van der Waals surface area contributed by atoms with Crippen LogP contribution in [0, 0.1) is 5.82 Å². The van der Waals surface area contributed by atoms with Crippen molar-refractivity contribution in [1.29, 1.82) is 0 Å². The Kier molecular flexibility index (Phi) is 4.44. The minimum absolute atomic E-state index is 0.198. The number of hydrogen-bond donors (Lipinski definition) is 2. The Morgan fingerprint density at radius 3 is 2.79 bits per heavy atom. The summed E-state index contributed by atoms with van der Waals surface area (Å²) in [5.74, 6) is -1.18. The van der Waals surface area contributed by atoms with Crippen LogP contribution in [0.25, 0.3) is 0 Å². The molecule has 2 bridgehead atoms. The van der Waals surface area contributed by atoms with Crippen molar-refractivity contribution in [1.82, 2.24) is 14.9 Å². The highest BCUT2D eigenvalue weighted by Gasteiger charge is 2.43. The zero-order valence-corrected chi connectivity index (χ0v) is 15.7. The fraction of sp³-hybridized carbons (Fsp3) is 0.353. The molecule has 3 heterocycles. The summed E-state index contributed by atoms with van der Waals surface area (Å²) in [4.78, 5) is 32.1. The summed E-state index contributed by atoms with van der Waals surface area (Å²) >= 11 is 2.77. The molecule has 28 heavy (non-hydrogen) atoms. The van der Waals surface area contributed by atoms with Gasteiger partial charge in [-0.3, -0.25) is 0 Å². The monoisotopic (exact) mass is 460 g/mol. The van der Waals surface area contributed by atoms with Gasteiger partial charge in [-0.05, 0) is 25.0 Å². The van der Waals surface area contributed by atoms with E-state index in [-0.39, 0.29) is 22.2 Å². The summed E-state index contributed by atoms with van der Waals surface area (Å²) < 4.78 is 52.4. The number of nitrogens with one attached hydrogen (secondary N) is 2. The van der Waals surface area contributed by atoms with Gasteiger partial charge in [0, 0.05) is 34.4 Å². The third kappa shape index (κ3) is 3.17. The number of halogens is 5. The number of amides is 2. The summed E-state index contributed by atoms with van der Waals surface area (Å²) in [5, 5.41) is 2.36. The maximum absolute atomic E-state index is 14.2. The second kappa shape index (κ2) is 6.57. The number of carbonyl (C=O) groups is 1. The standard InChI is InChI=1S/C17H13BrF4N4O2/c18-10-5-13(11(19)4-9(10)17(20,21)22)25-16(28)26-7-1-2-14(26)8-6-23-15(27)24-12(8)3-7/h4-7,14H,1-3H2,(H,25,28)(H,23,24,27). The van der Waals surface area contributed by atoms with Crippen LogP contribution in [-0.2, 0) is 12.6 Å². The molecule has 2 amide bonds. The lowest BCUT2D eigenvalue weighted by atomic mass is 10.00. The van der Waals surface area contributed by atoms with E-state index in [1.54, 1.807) is 0 Å². The first-order valence-corrected chi connectivity index (χ1v) is 9.18. The molecule has 2 aromatic rings. The van der Waals surface area contributed by atoms with E-state index in [0.29, 0.717) is 25.3 Å². The molecule has 2 atom stereocenters. The molecule has 1 fully saturated rings. The first kappa shape index (κ1) is 18.9. The molecular weight excluding hydrogens is 448 g/mol. The van der Waals surface area contributed by atoms with E-state index in [9.17, 15) is 27.2 Å². The normalized spacial score (nSPS) is 20.8. The van der Waals surface area contributed by atoms with Crippen LogP contribution in [0.1, 0.15) is 35.7 Å². The molecule has 2 N–H and O–H groups in total. The van der Waals surface area contributed by atoms with Crippen molar-refractivity contribution in [2.75, 3.05) is 5.32 Å². The number of hydrogen-bond acceptors (Lipinski definition) is 3. The maximum atomic E-state index is 14.2. The van der Waals surface area contributed by atoms with E-state index in [4.69, 9.17) is 0 Å². The third-order valence-electron chi connectivity index (χ3n) is 5.07. The number of carbonyl (C=O) groups excluding carboxylic acids is 1. The van der Waals surface area contributed by atoms with Crippen LogP contribution in [0.4, 0.5) is 28.0 Å². The summed E-state index contributed by atoms with van der Waals surface area (Å²) in [6.45, 7) is 0. The van der Waals surface area contributed by atoms with Crippen LogP contribution in [-0.4, -0.2) is 26.9 Å². The van der Waals surface area contributed by atoms with Crippen LogP contribution in [0.2, 0.25) is 0 Å². The van der Waals surface area contributed by atoms with Gasteiger partial charge >= 0.3 is 17.9 Å². The molecule has 2 unspecified atom stereocenters. The highest BCUT2D eigenvalue weighted by atomic mass is 79.9. The van der Waals surface area contributed by atoms with Crippen molar-refractivity contribution in [2.24, 2.45) is 0 Å². The second-order valence-electron chi connectivity index (χ2n) is 6.72. The topological polar surface area (TPSA) is 78.1 Å². The smallest absolute Gasteiger partial charge is 0.314 e. The Bertz CT molecular complexity index is 1020. The van der Waals surface area contributed by atoms with E-state index >= 15 is 0 Å². The first-order chi connectivity index (χ1) is 13.1. The number of anilines is 1. The van der Waals surface area contributed by atoms with Crippen molar-refractivity contribution < 1.29 is 22.4 Å². The number of H-pyrrole nitrogens is 1. The van der Waals surface area contributed by atoms with Crippen molar-refractivity contribution in [2.45, 2.75) is 37.5 Å². The SMILES string of the molecule is O=C(Nc1cc(Br)c(C(F)(F)F)cc1F)N1C2CCC1c1cnc(=O)[nH]c1C2. The van der Waals surface area contributed by atoms with E-state index in [1.165, 1.54) is 11.1 Å². The van der Waals surface area contributed by atoms with Crippen molar-refractivity contribution in [3.05, 3.63) is 55.9 Å². The number of alkyl halides is 3. The minimum atomic E-state index is -4.72. The number of fused-ring (bicyclic) bond motifs is 4. The van der Waals surface area contributed by atoms with Gasteiger partial charge in [-0.1, -0.05) is 15.9 Å². The molecule has 0 saturated carbocycles. The molecular formula is C17H13BrF4N4O2. The highest BCUT2D eigenvalue weighted by molar-refractivity contribution is 9.10. The second-order valence-corrected chi connectivity index (χ2v) is 7.57. The Labute approximate surface area is 164 Å². The zero-order chi connectivity index (χ0) is 20.2. The molecule has 6 nitrogen and oxygen atoms in total. The van der Waals surface area contributed by atoms with Crippen molar-refractivity contribution >= 4 is 27.6 Å². The summed E-state index contributed by atoms with van der Waals surface area (Å²) in [6, 6.07) is 0.0917. The average molecular weight is 461 g/mol. The van der Waals surface area contributed by atoms with Crippen molar-refractivity contribution in [3.8, 4) is 0 Å². The van der Waals surface area contributed by atoms with Gasteiger partial charge in [0.2, 0.25) is 0 Å². The molecule has 1 aromatic heterocycles. The number of benzene rings is 1. The molecule has 148 valence electrons. The fourth-order valence-corrected chi connectivity index (χ4v) is 4.44. The van der Waals surface area contributed by atoms with E-state index in [1.807, 2.05) is 0 Å². The van der Waals surface area contributed by atoms with Crippen molar-refractivity contribution in [3.63, 3.8) is 0 Å². The van der Waals surface area contributed by atoms with Gasteiger partial charge < -0.3 is 15.2 Å². The summed E-state index contributed by atoms with van der Waals surface area (Å²) in [7, 11) is 0. The quantitative estimate of drug-likeness (QED) is 0.631. The van der Waals surface area contributed by atoms with E-state index in [2.05, 4.69) is 31.2 Å². The van der Waals surface area contributed by atoms with Gasteiger partial charge in [0.05, 0.1) is 17.3 Å². The minimum Gasteiger partial charge on any atom is -0.314 e. The van der Waals surface area contributed by atoms with Gasteiger partial charge in [0.1, 0.15) is 5.82 Å². The van der Waals surface area contributed by atoms with Gasteiger partial charge in [-0.25, -0.2) is 19.0 Å². The molecule has 1 saturated heterocycles. The fourth-order valence-electron chi connectivity index (χ4n) is 3.87. The molecule has 2 aliphatic rings. The molecule has 2 aliphatic heterocycles. The van der Waals surface area contributed by atoms with Gasteiger partial charge in [0.25, 0.3) is 0 Å². The van der Waals surface area contributed by atoms with Crippen LogP contribution < -0.4 is 11.0 Å². The lowest BCUT2D eigenvalue weighted by Crippen LogP contribution is -2.45. The van der Waals surface area contributed by atoms with Crippen LogP contribution in [0.15, 0.2) is 27.6 Å². The number of aromatic nitrogens is 2. The van der Waals surface area contributed by atoms with Gasteiger partial charge in [-0.2, -0.15) is 13.2 Å². The Hall–Kier alpha value is -2.43. The van der Waals surface area contributed by atoms with Crippen LogP contribution in [0.3, 0.4) is 0 Å². The predicted octanol–water partition coefficient (Wildman–Crippen LogP) is 3.98. The van der Waals surface area contributed by atoms with Gasteiger partial charge in [-0.15, -0.1) is 0 Å². The largest absolute Gasteiger partial charge is 0.417 e. The lowest BCUT2D eigenvalue weighted by molar-refractivity contribution is -0.138. The highest BCUT2D eigenvalue weighted by Crippen LogP contribution is 2.43. The number of nitrogens with zero attached hydrogens (tertiary/aromatic N) is 2. The van der Waals surface area contributed by atoms with Crippen LogP contribution in [0.5, 0.6) is 0 Å². The molecule has 4 rings (SSSR count). The van der Waals surface area contributed by atoms with E-state index < -0.39 is 29.3 Å². The first-order valence-electron chi connectivity index (χ1n) is 8.39. The summed E-state index contributed by atoms with van der Waals surface area (Å²) in [5.41, 5.74) is -0.537. The zero-order valence-electron chi connectivity index (χ0n) is 14.1. The van der Waals surface area contributed by atoms with Gasteiger partial charge in [0.15, 0.2) is 0 Å². The van der Waals surface area contributed by atoms with E-state index in [0.717, 1.165) is 17.3 Å². The molecule has 0 radical (unpaired) electrons. The molecule has 11 heteroatoms. The average Bonchev–Trinajstić information content (AvgIpc) is 2.92. The number of urea groups is 1. The number of aromatic amines is 1. The summed E-state index contributed by atoms with van der Waals surface area (Å²) in [6.07, 6.45) is -1.53. The van der Waals surface area contributed by atoms with Crippen LogP contribution >= 0.6 is 15.9 Å². The Morgan fingerprint density at radius 2 is 2.07 bits per heavy atom. The lowest BCUT2D eigenvalue weighted by Gasteiger charge is -2.35. The number of rotatable bonds is 1. The third-order valence-corrected chi connectivity index (χ3v) is 5.72.